The molecule has 94 valence electrons. The van der Waals surface area contributed by atoms with Crippen LogP contribution >= 0.6 is 11.3 Å². The van der Waals surface area contributed by atoms with Crippen LogP contribution in [0.15, 0.2) is 36.0 Å². The Labute approximate surface area is 109 Å². The van der Waals surface area contributed by atoms with Crippen molar-refractivity contribution in [1.82, 2.24) is 10.3 Å². The third kappa shape index (κ3) is 2.91. The number of nitro benzene ring substituents is 1. The Balaban J connectivity index is 2.09. The first-order valence-corrected chi connectivity index (χ1v) is 6.40. The standard InChI is InChI=1S/C12H13N3O2S/c1-9(14-7-10-6-13-8-18-10)11-4-2-3-5-12(11)15(16)17/h2-6,8-9,14H,7H2,1H3. The zero-order valence-electron chi connectivity index (χ0n) is 9.87. The topological polar surface area (TPSA) is 68.1 Å². The minimum Gasteiger partial charge on any atom is -0.305 e. The third-order valence-electron chi connectivity index (χ3n) is 2.67. The second kappa shape index (κ2) is 5.70. The molecule has 1 heterocycles. The number of nitrogens with zero attached hydrogens (tertiary/aromatic N) is 2. The summed E-state index contributed by atoms with van der Waals surface area (Å²) in [6, 6.07) is 6.72. The van der Waals surface area contributed by atoms with E-state index in [0.717, 1.165) is 4.88 Å². The molecule has 0 aliphatic carbocycles. The van der Waals surface area contributed by atoms with Gasteiger partial charge in [-0.25, -0.2) is 0 Å². The highest BCUT2D eigenvalue weighted by atomic mass is 32.1. The van der Waals surface area contributed by atoms with Crippen molar-refractivity contribution in [3.8, 4) is 0 Å². The molecule has 0 fully saturated rings. The summed E-state index contributed by atoms with van der Waals surface area (Å²) in [6.07, 6.45) is 1.80. The molecule has 1 unspecified atom stereocenters. The average molecular weight is 263 g/mol. The second-order valence-electron chi connectivity index (χ2n) is 3.89. The van der Waals surface area contributed by atoms with Crippen LogP contribution in [-0.4, -0.2) is 9.91 Å². The molecule has 0 bridgehead atoms. The minimum atomic E-state index is -0.347. The number of hydrogen-bond donors (Lipinski definition) is 1. The van der Waals surface area contributed by atoms with Crippen molar-refractivity contribution in [2.24, 2.45) is 0 Å². The molecule has 2 aromatic rings. The number of nitrogens with one attached hydrogen (secondary N) is 1. The summed E-state index contributed by atoms with van der Waals surface area (Å²) in [7, 11) is 0. The van der Waals surface area contributed by atoms with Crippen LogP contribution in [0.25, 0.3) is 0 Å². The molecular weight excluding hydrogens is 250 g/mol. The summed E-state index contributed by atoms with van der Waals surface area (Å²) < 4.78 is 0. The molecule has 0 saturated carbocycles. The quantitative estimate of drug-likeness (QED) is 0.665. The fraction of sp³-hybridized carbons (Fsp3) is 0.250. The first kappa shape index (κ1) is 12.7. The highest BCUT2D eigenvalue weighted by Gasteiger charge is 2.17. The predicted molar refractivity (Wildman–Crippen MR) is 70.5 cm³/mol. The monoisotopic (exact) mass is 263 g/mol. The van der Waals surface area contributed by atoms with E-state index in [-0.39, 0.29) is 16.7 Å². The Morgan fingerprint density at radius 1 is 1.50 bits per heavy atom. The molecule has 6 heteroatoms. The fourth-order valence-electron chi connectivity index (χ4n) is 1.71. The molecule has 1 N–H and O–H groups in total. The van der Waals surface area contributed by atoms with Crippen molar-refractivity contribution in [2.75, 3.05) is 0 Å². The van der Waals surface area contributed by atoms with Crippen molar-refractivity contribution in [1.29, 1.82) is 0 Å². The van der Waals surface area contributed by atoms with Crippen molar-refractivity contribution in [3.05, 3.63) is 56.5 Å². The van der Waals surface area contributed by atoms with Crippen LogP contribution in [0.2, 0.25) is 0 Å². The second-order valence-corrected chi connectivity index (χ2v) is 4.86. The summed E-state index contributed by atoms with van der Waals surface area (Å²) in [5.74, 6) is 0. The molecule has 1 aromatic carbocycles. The summed E-state index contributed by atoms with van der Waals surface area (Å²) >= 11 is 1.56. The van der Waals surface area contributed by atoms with E-state index >= 15 is 0 Å². The fourth-order valence-corrected chi connectivity index (χ4v) is 2.26. The number of para-hydroxylation sites is 1. The van der Waals surface area contributed by atoms with Gasteiger partial charge in [0.2, 0.25) is 0 Å². The van der Waals surface area contributed by atoms with Gasteiger partial charge in [-0.2, -0.15) is 0 Å². The van der Waals surface area contributed by atoms with E-state index in [4.69, 9.17) is 0 Å². The number of rotatable bonds is 5. The molecular formula is C12H13N3O2S. The molecule has 0 spiro atoms. The Hall–Kier alpha value is -1.79. The molecule has 2 rings (SSSR count). The van der Waals surface area contributed by atoms with Crippen LogP contribution in [0.4, 0.5) is 5.69 Å². The summed E-state index contributed by atoms with van der Waals surface area (Å²) in [5, 5.41) is 14.2. The molecule has 0 aliphatic heterocycles. The van der Waals surface area contributed by atoms with Crippen LogP contribution in [-0.2, 0) is 6.54 Å². The molecule has 0 aliphatic rings. The SMILES string of the molecule is CC(NCc1cncs1)c1ccccc1[N+](=O)[O-]. The van der Waals surface area contributed by atoms with Crippen molar-refractivity contribution >= 4 is 17.0 Å². The van der Waals surface area contributed by atoms with E-state index < -0.39 is 0 Å². The van der Waals surface area contributed by atoms with E-state index in [1.807, 2.05) is 13.0 Å². The van der Waals surface area contributed by atoms with Gasteiger partial charge in [-0.3, -0.25) is 15.1 Å². The molecule has 0 amide bonds. The molecule has 1 aromatic heterocycles. The van der Waals surface area contributed by atoms with Crippen molar-refractivity contribution in [3.63, 3.8) is 0 Å². The number of nitro groups is 1. The van der Waals surface area contributed by atoms with E-state index in [9.17, 15) is 10.1 Å². The number of hydrogen-bond acceptors (Lipinski definition) is 5. The summed E-state index contributed by atoms with van der Waals surface area (Å²) in [5.41, 5.74) is 2.63. The van der Waals surface area contributed by atoms with E-state index in [2.05, 4.69) is 10.3 Å². The summed E-state index contributed by atoms with van der Waals surface area (Å²) in [4.78, 5) is 15.7. The van der Waals surface area contributed by atoms with Gasteiger partial charge >= 0.3 is 0 Å². The summed E-state index contributed by atoms with van der Waals surface area (Å²) in [6.45, 7) is 2.58. The normalized spacial score (nSPS) is 12.3. The Morgan fingerprint density at radius 2 is 2.28 bits per heavy atom. The lowest BCUT2D eigenvalue weighted by Crippen LogP contribution is -2.18. The van der Waals surface area contributed by atoms with E-state index in [1.54, 1.807) is 35.2 Å². The lowest BCUT2D eigenvalue weighted by molar-refractivity contribution is -0.385. The highest BCUT2D eigenvalue weighted by Crippen LogP contribution is 2.24. The van der Waals surface area contributed by atoms with Crippen LogP contribution < -0.4 is 5.32 Å². The number of aromatic nitrogens is 1. The Bertz CT molecular complexity index is 528. The van der Waals surface area contributed by atoms with Crippen LogP contribution in [0, 0.1) is 10.1 Å². The Kier molecular flexibility index (Phi) is 4.01. The number of thiazole rings is 1. The van der Waals surface area contributed by atoms with Crippen LogP contribution in [0.5, 0.6) is 0 Å². The first-order valence-electron chi connectivity index (χ1n) is 5.52. The zero-order valence-corrected chi connectivity index (χ0v) is 10.7. The van der Waals surface area contributed by atoms with Crippen molar-refractivity contribution in [2.45, 2.75) is 19.5 Å². The lowest BCUT2D eigenvalue weighted by Gasteiger charge is -2.13. The van der Waals surface area contributed by atoms with Gasteiger partial charge in [-0.1, -0.05) is 18.2 Å². The average Bonchev–Trinajstić information content (AvgIpc) is 2.89. The molecule has 18 heavy (non-hydrogen) atoms. The van der Waals surface area contributed by atoms with E-state index in [1.165, 1.54) is 6.07 Å². The van der Waals surface area contributed by atoms with Gasteiger partial charge in [0.05, 0.1) is 10.4 Å². The Morgan fingerprint density at radius 3 is 2.94 bits per heavy atom. The molecule has 1 atom stereocenters. The van der Waals surface area contributed by atoms with Crippen LogP contribution in [0.1, 0.15) is 23.4 Å². The van der Waals surface area contributed by atoms with Gasteiger partial charge in [0.1, 0.15) is 0 Å². The van der Waals surface area contributed by atoms with Gasteiger partial charge < -0.3 is 5.32 Å². The van der Waals surface area contributed by atoms with Gasteiger partial charge in [-0.05, 0) is 6.92 Å². The van der Waals surface area contributed by atoms with Gasteiger partial charge in [0.15, 0.2) is 0 Å². The first-order chi connectivity index (χ1) is 8.68. The lowest BCUT2D eigenvalue weighted by atomic mass is 10.1. The highest BCUT2D eigenvalue weighted by molar-refractivity contribution is 7.09. The molecule has 0 radical (unpaired) electrons. The van der Waals surface area contributed by atoms with Crippen molar-refractivity contribution < 1.29 is 4.92 Å². The number of benzene rings is 1. The largest absolute Gasteiger partial charge is 0.305 e. The maximum absolute atomic E-state index is 10.9. The van der Waals surface area contributed by atoms with Gasteiger partial charge in [0, 0.05) is 35.3 Å². The minimum absolute atomic E-state index is 0.0753. The predicted octanol–water partition coefficient (Wildman–Crippen LogP) is 2.90. The van der Waals surface area contributed by atoms with Gasteiger partial charge in [0.25, 0.3) is 5.69 Å². The van der Waals surface area contributed by atoms with Crippen LogP contribution in [0.3, 0.4) is 0 Å². The maximum atomic E-state index is 10.9. The maximum Gasteiger partial charge on any atom is 0.274 e. The van der Waals surface area contributed by atoms with E-state index in [0.29, 0.717) is 12.1 Å². The smallest absolute Gasteiger partial charge is 0.274 e. The van der Waals surface area contributed by atoms with Gasteiger partial charge in [-0.15, -0.1) is 11.3 Å². The molecule has 5 nitrogen and oxygen atoms in total. The molecule has 0 saturated heterocycles. The zero-order chi connectivity index (χ0) is 13.0. The third-order valence-corrected chi connectivity index (χ3v) is 3.45.